The smallest absolute Gasteiger partial charge is 0.549 e. The minimum Gasteiger partial charge on any atom is -0.549 e. The van der Waals surface area contributed by atoms with Gasteiger partial charge in [-0.3, -0.25) is 0 Å². The van der Waals surface area contributed by atoms with Crippen LogP contribution in [0.1, 0.15) is 64.2 Å². The fourth-order valence-electron chi connectivity index (χ4n) is 3.07. The van der Waals surface area contributed by atoms with Gasteiger partial charge in [0.25, 0.3) is 0 Å². The van der Waals surface area contributed by atoms with Crippen LogP contribution < -0.4 is 20.8 Å². The molecule has 128 valence electrons. The van der Waals surface area contributed by atoms with Crippen molar-refractivity contribution < 1.29 is 19.8 Å². The third-order valence-electron chi connectivity index (χ3n) is 4.28. The summed E-state index contributed by atoms with van der Waals surface area (Å²) in [4.78, 5) is 20.1. The number of carbonyl (C=O) groups excluding carboxylic acids is 2. The zero-order valence-corrected chi connectivity index (χ0v) is 16.2. The molecule has 0 aliphatic heterocycles. The second-order valence-corrected chi connectivity index (χ2v) is 6.18. The molecule has 6 nitrogen and oxygen atoms in total. The van der Waals surface area contributed by atoms with Crippen LogP contribution in [-0.4, -0.2) is 74.9 Å². The standard InChI is InChI=1S/2C8H15NO2.Ca/c2*10-8(11)6-9-7-4-2-1-3-5-7;/h2*7,9H,1-6H2,(H,10,11);/q;;+2/p-2. The fourth-order valence-corrected chi connectivity index (χ4v) is 3.07. The van der Waals surface area contributed by atoms with Crippen molar-refractivity contribution in [2.45, 2.75) is 76.3 Å². The molecule has 0 unspecified atom stereocenters. The van der Waals surface area contributed by atoms with Gasteiger partial charge >= 0.3 is 37.7 Å². The summed E-state index contributed by atoms with van der Waals surface area (Å²) in [7, 11) is 0. The minimum atomic E-state index is -1.00. The Kier molecular flexibility index (Phi) is 14.5. The molecule has 0 bridgehead atoms. The van der Waals surface area contributed by atoms with Gasteiger partial charge in [0.15, 0.2) is 0 Å². The Balaban J connectivity index is 0.000000403. The van der Waals surface area contributed by atoms with E-state index in [1.807, 2.05) is 0 Å². The van der Waals surface area contributed by atoms with Gasteiger partial charge in [-0.25, -0.2) is 0 Å². The monoisotopic (exact) mass is 352 g/mol. The summed E-state index contributed by atoms with van der Waals surface area (Å²) in [6.07, 6.45) is 12.0. The van der Waals surface area contributed by atoms with Gasteiger partial charge in [0, 0.05) is 25.2 Å². The fraction of sp³-hybridized carbons (Fsp3) is 0.875. The van der Waals surface area contributed by atoms with Crippen molar-refractivity contribution in [1.82, 2.24) is 10.6 Å². The van der Waals surface area contributed by atoms with Crippen LogP contribution in [0, 0.1) is 0 Å². The first kappa shape index (κ1) is 23.1. The number of carboxylic acids is 2. The first-order chi connectivity index (χ1) is 10.6. The SMILES string of the molecule is O=C([O-])CNC1CCCCC1.O=C([O-])CNC1CCCCC1.[Ca+2]. The Morgan fingerprint density at radius 3 is 1.26 bits per heavy atom. The van der Waals surface area contributed by atoms with Crippen molar-refractivity contribution in [3.05, 3.63) is 0 Å². The first-order valence-corrected chi connectivity index (χ1v) is 8.44. The van der Waals surface area contributed by atoms with Crippen molar-refractivity contribution >= 4 is 49.7 Å². The summed E-state index contributed by atoms with van der Waals surface area (Å²) in [5, 5.41) is 26.1. The van der Waals surface area contributed by atoms with Crippen molar-refractivity contribution in [3.8, 4) is 0 Å². The van der Waals surface area contributed by atoms with E-state index in [9.17, 15) is 19.8 Å². The predicted octanol–water partition coefficient (Wildman–Crippen LogP) is -1.06. The van der Waals surface area contributed by atoms with E-state index in [2.05, 4.69) is 10.6 Å². The first-order valence-electron chi connectivity index (χ1n) is 8.44. The second-order valence-electron chi connectivity index (χ2n) is 6.18. The molecule has 2 rings (SSSR count). The van der Waals surface area contributed by atoms with Gasteiger partial charge in [0.05, 0.1) is 11.9 Å². The summed E-state index contributed by atoms with van der Waals surface area (Å²) in [6, 6.07) is 0.836. The zero-order chi connectivity index (χ0) is 16.2. The summed E-state index contributed by atoms with van der Waals surface area (Å²) >= 11 is 0. The number of carboxylic acid groups (broad SMARTS) is 2. The summed E-state index contributed by atoms with van der Waals surface area (Å²) in [5.41, 5.74) is 0. The molecule has 0 aromatic rings. The normalized spacial score (nSPS) is 19.1. The van der Waals surface area contributed by atoms with E-state index >= 15 is 0 Å². The van der Waals surface area contributed by atoms with E-state index < -0.39 is 11.9 Å². The Labute approximate surface area is 168 Å². The average Bonchev–Trinajstić information content (AvgIpc) is 2.53. The molecule has 0 aromatic carbocycles. The van der Waals surface area contributed by atoms with E-state index in [0.29, 0.717) is 12.1 Å². The van der Waals surface area contributed by atoms with Crippen LogP contribution in [0.25, 0.3) is 0 Å². The van der Waals surface area contributed by atoms with E-state index in [0.717, 1.165) is 25.7 Å². The van der Waals surface area contributed by atoms with Gasteiger partial charge in [-0.2, -0.15) is 0 Å². The van der Waals surface area contributed by atoms with E-state index in [1.165, 1.54) is 38.5 Å². The Hall–Kier alpha value is 0.120. The second kappa shape index (κ2) is 14.5. The molecule has 2 saturated carbocycles. The molecule has 0 spiro atoms. The van der Waals surface area contributed by atoms with Crippen LogP contribution in [0.3, 0.4) is 0 Å². The average molecular weight is 352 g/mol. The Morgan fingerprint density at radius 2 is 1.00 bits per heavy atom. The van der Waals surface area contributed by atoms with Crippen molar-refractivity contribution in [2.75, 3.05) is 13.1 Å². The van der Waals surface area contributed by atoms with Crippen molar-refractivity contribution in [1.29, 1.82) is 0 Å². The van der Waals surface area contributed by atoms with E-state index in [1.54, 1.807) is 0 Å². The Morgan fingerprint density at radius 1 is 0.696 bits per heavy atom. The van der Waals surface area contributed by atoms with Crippen molar-refractivity contribution in [3.63, 3.8) is 0 Å². The third-order valence-corrected chi connectivity index (χ3v) is 4.28. The molecule has 0 heterocycles. The van der Waals surface area contributed by atoms with Gasteiger partial charge in [0.2, 0.25) is 0 Å². The molecule has 0 atom stereocenters. The van der Waals surface area contributed by atoms with Crippen LogP contribution in [0.4, 0.5) is 0 Å². The zero-order valence-electron chi connectivity index (χ0n) is 14.0. The third kappa shape index (κ3) is 13.1. The largest absolute Gasteiger partial charge is 2.00 e. The number of rotatable bonds is 6. The van der Waals surface area contributed by atoms with E-state index in [-0.39, 0.29) is 50.8 Å². The maximum Gasteiger partial charge on any atom is 2.00 e. The molecule has 0 amide bonds. The number of carbonyl (C=O) groups is 2. The summed E-state index contributed by atoms with van der Waals surface area (Å²) < 4.78 is 0. The Bertz CT molecular complexity index is 298. The molecule has 2 fully saturated rings. The molecule has 7 heteroatoms. The van der Waals surface area contributed by atoms with Crippen LogP contribution >= 0.6 is 0 Å². The molecule has 2 aliphatic rings. The molecule has 23 heavy (non-hydrogen) atoms. The summed E-state index contributed by atoms with van der Waals surface area (Å²) in [6.45, 7) is 0.00926. The van der Waals surface area contributed by atoms with Crippen LogP contribution in [0.2, 0.25) is 0 Å². The molecule has 0 aromatic heterocycles. The van der Waals surface area contributed by atoms with E-state index in [4.69, 9.17) is 0 Å². The number of nitrogens with one attached hydrogen (secondary N) is 2. The number of aliphatic carboxylic acids is 2. The molecule has 2 aliphatic carbocycles. The topological polar surface area (TPSA) is 104 Å². The molecular formula is C16H28CaN2O4. The van der Waals surface area contributed by atoms with Gasteiger partial charge in [0.1, 0.15) is 0 Å². The van der Waals surface area contributed by atoms with Crippen LogP contribution in [0.15, 0.2) is 0 Å². The molecular weight excluding hydrogens is 324 g/mol. The minimum absolute atomic E-state index is 0. The van der Waals surface area contributed by atoms with Crippen LogP contribution in [-0.2, 0) is 9.59 Å². The van der Waals surface area contributed by atoms with Crippen molar-refractivity contribution in [2.24, 2.45) is 0 Å². The van der Waals surface area contributed by atoms with Crippen LogP contribution in [0.5, 0.6) is 0 Å². The molecule has 0 radical (unpaired) electrons. The number of hydrogen-bond donors (Lipinski definition) is 2. The van der Waals surface area contributed by atoms with Gasteiger partial charge in [-0.15, -0.1) is 0 Å². The molecule has 2 N–H and O–H groups in total. The summed E-state index contributed by atoms with van der Waals surface area (Å²) in [5.74, 6) is -2.01. The molecule has 0 saturated heterocycles. The predicted molar refractivity (Wildman–Crippen MR) is 85.5 cm³/mol. The number of hydrogen-bond acceptors (Lipinski definition) is 6. The quantitative estimate of drug-likeness (QED) is 0.590. The maximum atomic E-state index is 10.1. The maximum absolute atomic E-state index is 10.1. The van der Waals surface area contributed by atoms with Gasteiger partial charge in [-0.05, 0) is 25.7 Å². The van der Waals surface area contributed by atoms with Gasteiger partial charge < -0.3 is 30.4 Å². The van der Waals surface area contributed by atoms with Gasteiger partial charge in [-0.1, -0.05) is 38.5 Å².